The van der Waals surface area contributed by atoms with E-state index in [1.165, 1.54) is 12.3 Å². The molecule has 1 N–H and O–H groups in total. The van der Waals surface area contributed by atoms with Gasteiger partial charge in [0, 0.05) is 5.39 Å². The molecule has 5 heteroatoms. The third-order valence-corrected chi connectivity index (χ3v) is 2.54. The van der Waals surface area contributed by atoms with Crippen LogP contribution in [0.2, 0.25) is 0 Å². The first-order valence-corrected chi connectivity index (χ1v) is 4.94. The lowest BCUT2D eigenvalue weighted by Crippen LogP contribution is -2.10. The highest BCUT2D eigenvalue weighted by Crippen LogP contribution is 2.37. The molecule has 2 aromatic rings. The van der Waals surface area contributed by atoms with Gasteiger partial charge < -0.3 is 0 Å². The van der Waals surface area contributed by atoms with Gasteiger partial charge in [-0.1, -0.05) is 13.8 Å². The average molecular weight is 228 g/mol. The van der Waals surface area contributed by atoms with Crippen LogP contribution in [0.4, 0.5) is 13.2 Å². The minimum Gasteiger partial charge on any atom is -0.278 e. The molecule has 1 heterocycles. The van der Waals surface area contributed by atoms with Gasteiger partial charge >= 0.3 is 6.18 Å². The molecule has 16 heavy (non-hydrogen) atoms. The predicted octanol–water partition coefficient (Wildman–Crippen LogP) is 3.71. The first-order valence-electron chi connectivity index (χ1n) is 4.94. The third kappa shape index (κ3) is 1.77. The molecule has 86 valence electrons. The molecule has 1 aromatic heterocycles. The van der Waals surface area contributed by atoms with Gasteiger partial charge in [0.1, 0.15) is 0 Å². The van der Waals surface area contributed by atoms with E-state index in [-0.39, 0.29) is 5.92 Å². The summed E-state index contributed by atoms with van der Waals surface area (Å²) in [6, 6.07) is 2.67. The quantitative estimate of drug-likeness (QED) is 0.792. The Labute approximate surface area is 90.5 Å². The zero-order chi connectivity index (χ0) is 11.9. The van der Waals surface area contributed by atoms with Crippen molar-refractivity contribution >= 4 is 10.9 Å². The van der Waals surface area contributed by atoms with Gasteiger partial charge in [0.2, 0.25) is 0 Å². The van der Waals surface area contributed by atoms with Gasteiger partial charge in [0.15, 0.2) is 0 Å². The maximum atomic E-state index is 12.8. The van der Waals surface area contributed by atoms with Gasteiger partial charge in [0.05, 0.1) is 17.3 Å². The number of nitrogens with zero attached hydrogens (tertiary/aromatic N) is 1. The standard InChI is InChI=1S/C11H11F3N2/c1-6(2)8-4-10-7(5-15-16-10)3-9(8)11(12,13)14/h3-6H,1-2H3,(H,15,16). The topological polar surface area (TPSA) is 28.7 Å². The maximum Gasteiger partial charge on any atom is 0.416 e. The molecule has 0 unspecified atom stereocenters. The van der Waals surface area contributed by atoms with Crippen LogP contribution >= 0.6 is 0 Å². The number of aromatic amines is 1. The summed E-state index contributed by atoms with van der Waals surface area (Å²) >= 11 is 0. The molecule has 0 radical (unpaired) electrons. The van der Waals surface area contributed by atoms with Gasteiger partial charge in [-0.05, 0) is 23.6 Å². The summed E-state index contributed by atoms with van der Waals surface area (Å²) in [7, 11) is 0. The molecule has 0 spiro atoms. The van der Waals surface area contributed by atoms with Crippen molar-refractivity contribution in [2.45, 2.75) is 25.9 Å². The van der Waals surface area contributed by atoms with Gasteiger partial charge in [-0.3, -0.25) is 5.10 Å². The minimum absolute atomic E-state index is 0.177. The number of hydrogen-bond donors (Lipinski definition) is 1. The molecule has 0 aliphatic heterocycles. The molecule has 2 rings (SSSR count). The average Bonchev–Trinajstić information content (AvgIpc) is 2.60. The van der Waals surface area contributed by atoms with Crippen LogP contribution in [-0.2, 0) is 6.18 Å². The van der Waals surface area contributed by atoms with Crippen LogP contribution in [0.5, 0.6) is 0 Å². The van der Waals surface area contributed by atoms with E-state index in [4.69, 9.17) is 0 Å². The highest BCUT2D eigenvalue weighted by Gasteiger charge is 2.34. The summed E-state index contributed by atoms with van der Waals surface area (Å²) in [5.74, 6) is -0.177. The number of aromatic nitrogens is 2. The van der Waals surface area contributed by atoms with Crippen LogP contribution in [0.15, 0.2) is 18.3 Å². The molecule has 0 atom stereocenters. The van der Waals surface area contributed by atoms with Crippen LogP contribution in [-0.4, -0.2) is 10.2 Å². The second-order valence-electron chi connectivity index (χ2n) is 4.05. The number of hydrogen-bond acceptors (Lipinski definition) is 1. The molecular formula is C11H11F3N2. The van der Waals surface area contributed by atoms with E-state index < -0.39 is 11.7 Å². The van der Waals surface area contributed by atoms with Crippen molar-refractivity contribution in [1.29, 1.82) is 0 Å². The van der Waals surface area contributed by atoms with Crippen molar-refractivity contribution in [2.24, 2.45) is 0 Å². The Morgan fingerprint density at radius 1 is 1.25 bits per heavy atom. The lowest BCUT2D eigenvalue weighted by atomic mass is 9.95. The number of alkyl halides is 3. The Morgan fingerprint density at radius 2 is 1.94 bits per heavy atom. The minimum atomic E-state index is -4.31. The van der Waals surface area contributed by atoms with E-state index in [0.717, 1.165) is 6.07 Å². The molecule has 0 fully saturated rings. The lowest BCUT2D eigenvalue weighted by molar-refractivity contribution is -0.138. The Morgan fingerprint density at radius 3 is 2.50 bits per heavy atom. The zero-order valence-corrected chi connectivity index (χ0v) is 8.89. The summed E-state index contributed by atoms with van der Waals surface area (Å²) in [6.07, 6.45) is -2.92. The van der Waals surface area contributed by atoms with Gasteiger partial charge in [-0.15, -0.1) is 0 Å². The van der Waals surface area contributed by atoms with Crippen molar-refractivity contribution < 1.29 is 13.2 Å². The van der Waals surface area contributed by atoms with Gasteiger partial charge in [-0.25, -0.2) is 0 Å². The zero-order valence-electron chi connectivity index (χ0n) is 8.89. The fraction of sp³-hybridized carbons (Fsp3) is 0.364. The highest BCUT2D eigenvalue weighted by atomic mass is 19.4. The Bertz CT molecular complexity index is 511. The lowest BCUT2D eigenvalue weighted by Gasteiger charge is -2.15. The molecule has 0 saturated carbocycles. The predicted molar refractivity (Wildman–Crippen MR) is 55.2 cm³/mol. The molecule has 0 aliphatic carbocycles. The molecule has 0 amide bonds. The van der Waals surface area contributed by atoms with Gasteiger partial charge in [-0.2, -0.15) is 18.3 Å². The Kier molecular flexibility index (Phi) is 2.40. The fourth-order valence-electron chi connectivity index (χ4n) is 1.73. The third-order valence-electron chi connectivity index (χ3n) is 2.54. The smallest absolute Gasteiger partial charge is 0.278 e. The molecular weight excluding hydrogens is 217 g/mol. The largest absolute Gasteiger partial charge is 0.416 e. The highest BCUT2D eigenvalue weighted by molar-refractivity contribution is 5.80. The second kappa shape index (κ2) is 3.50. The summed E-state index contributed by atoms with van der Waals surface area (Å²) in [4.78, 5) is 0. The summed E-state index contributed by atoms with van der Waals surface area (Å²) in [5.41, 5.74) is 0.359. The number of halogens is 3. The van der Waals surface area contributed by atoms with E-state index in [1.54, 1.807) is 13.8 Å². The van der Waals surface area contributed by atoms with Crippen LogP contribution < -0.4 is 0 Å². The van der Waals surface area contributed by atoms with E-state index in [9.17, 15) is 13.2 Å². The van der Waals surface area contributed by atoms with Crippen molar-refractivity contribution in [1.82, 2.24) is 10.2 Å². The molecule has 1 aromatic carbocycles. The summed E-state index contributed by atoms with van der Waals surface area (Å²) in [6.45, 7) is 3.49. The number of fused-ring (bicyclic) bond motifs is 1. The molecule has 2 nitrogen and oxygen atoms in total. The van der Waals surface area contributed by atoms with E-state index in [1.807, 2.05) is 0 Å². The second-order valence-corrected chi connectivity index (χ2v) is 4.05. The van der Waals surface area contributed by atoms with E-state index >= 15 is 0 Å². The van der Waals surface area contributed by atoms with E-state index in [0.29, 0.717) is 16.5 Å². The van der Waals surface area contributed by atoms with Crippen molar-refractivity contribution in [3.05, 3.63) is 29.5 Å². The summed E-state index contributed by atoms with van der Waals surface area (Å²) < 4.78 is 38.4. The first kappa shape index (κ1) is 11.0. The maximum absolute atomic E-state index is 12.8. The first-order chi connectivity index (χ1) is 7.39. The van der Waals surface area contributed by atoms with Crippen LogP contribution in [0.1, 0.15) is 30.9 Å². The fourth-order valence-corrected chi connectivity index (χ4v) is 1.73. The number of benzene rings is 1. The van der Waals surface area contributed by atoms with Crippen molar-refractivity contribution in [3.8, 4) is 0 Å². The number of H-pyrrole nitrogens is 1. The van der Waals surface area contributed by atoms with Crippen LogP contribution in [0.25, 0.3) is 10.9 Å². The van der Waals surface area contributed by atoms with Crippen LogP contribution in [0, 0.1) is 0 Å². The normalized spacial score (nSPS) is 12.6. The number of nitrogens with one attached hydrogen (secondary N) is 1. The Hall–Kier alpha value is -1.52. The van der Waals surface area contributed by atoms with Crippen molar-refractivity contribution in [2.75, 3.05) is 0 Å². The monoisotopic (exact) mass is 228 g/mol. The summed E-state index contributed by atoms with van der Waals surface area (Å²) in [5, 5.41) is 6.89. The SMILES string of the molecule is CC(C)c1cc2[nH]ncc2cc1C(F)(F)F. The molecule has 0 bridgehead atoms. The molecule has 0 saturated heterocycles. The number of rotatable bonds is 1. The molecule has 0 aliphatic rings. The van der Waals surface area contributed by atoms with Crippen LogP contribution in [0.3, 0.4) is 0 Å². The van der Waals surface area contributed by atoms with Crippen molar-refractivity contribution in [3.63, 3.8) is 0 Å². The van der Waals surface area contributed by atoms with Gasteiger partial charge in [0.25, 0.3) is 0 Å². The van der Waals surface area contributed by atoms with E-state index in [2.05, 4.69) is 10.2 Å². The Balaban J connectivity index is 2.72.